The van der Waals surface area contributed by atoms with Crippen molar-refractivity contribution in [1.82, 2.24) is 9.62 Å². The van der Waals surface area contributed by atoms with Crippen molar-refractivity contribution in [2.24, 2.45) is 5.92 Å². The molecule has 0 radical (unpaired) electrons. The van der Waals surface area contributed by atoms with E-state index in [2.05, 4.69) is 5.32 Å². The molecule has 32 heavy (non-hydrogen) atoms. The molecule has 2 aromatic carbocycles. The van der Waals surface area contributed by atoms with Gasteiger partial charge in [-0.1, -0.05) is 48.3 Å². The second-order valence-electron chi connectivity index (χ2n) is 7.90. The smallest absolute Gasteiger partial charge is 0.224 e. The predicted molar refractivity (Wildman–Crippen MR) is 128 cm³/mol. The lowest BCUT2D eigenvalue weighted by Gasteiger charge is -2.32. The van der Waals surface area contributed by atoms with Crippen LogP contribution in [0.3, 0.4) is 0 Å². The number of nitrogens with zero attached hydrogens (tertiary/aromatic N) is 1. The first-order valence-electron chi connectivity index (χ1n) is 10.6. The molecular formula is C23H28Cl2N2O4S. The standard InChI is InChI=1S/C23H28Cl2N2O4S/c1-3-22(16-9-11-18(31-2)12-10-16)26-23(28)17-6-5-13-27(14-17)32(29,30)15-19-20(24)7-4-8-21(19)25/h4,7-12,17,22H,3,5-6,13-15H2,1-2H3,(H,26,28)/t17-,22-/m1/s1. The van der Waals surface area contributed by atoms with Crippen LogP contribution in [0.5, 0.6) is 5.75 Å². The van der Waals surface area contributed by atoms with E-state index in [9.17, 15) is 13.2 Å². The van der Waals surface area contributed by atoms with E-state index in [1.165, 1.54) is 4.31 Å². The van der Waals surface area contributed by atoms with Crippen LogP contribution in [0.15, 0.2) is 42.5 Å². The summed E-state index contributed by atoms with van der Waals surface area (Å²) in [7, 11) is -2.06. The second-order valence-corrected chi connectivity index (χ2v) is 10.7. The number of hydrogen-bond acceptors (Lipinski definition) is 4. The van der Waals surface area contributed by atoms with Gasteiger partial charge in [-0.3, -0.25) is 4.79 Å². The molecule has 0 aromatic heterocycles. The number of piperidine rings is 1. The highest BCUT2D eigenvalue weighted by atomic mass is 35.5. The minimum absolute atomic E-state index is 0.136. The summed E-state index contributed by atoms with van der Waals surface area (Å²) in [6, 6.07) is 12.3. The van der Waals surface area contributed by atoms with Gasteiger partial charge < -0.3 is 10.1 Å². The van der Waals surface area contributed by atoms with Crippen LogP contribution >= 0.6 is 23.2 Å². The molecule has 0 bridgehead atoms. The molecule has 1 aliphatic heterocycles. The van der Waals surface area contributed by atoms with E-state index in [4.69, 9.17) is 27.9 Å². The third kappa shape index (κ3) is 5.95. The molecule has 1 fully saturated rings. The lowest BCUT2D eigenvalue weighted by atomic mass is 9.97. The van der Waals surface area contributed by atoms with Gasteiger partial charge in [0.25, 0.3) is 0 Å². The Balaban J connectivity index is 1.68. The number of benzene rings is 2. The van der Waals surface area contributed by atoms with E-state index < -0.39 is 15.9 Å². The van der Waals surface area contributed by atoms with Gasteiger partial charge in [0.1, 0.15) is 5.75 Å². The number of carbonyl (C=O) groups excluding carboxylic acids is 1. The van der Waals surface area contributed by atoms with Gasteiger partial charge in [0, 0.05) is 28.7 Å². The van der Waals surface area contributed by atoms with Crippen molar-refractivity contribution in [2.75, 3.05) is 20.2 Å². The normalized spacial score (nSPS) is 18.2. The van der Waals surface area contributed by atoms with Gasteiger partial charge in [-0.2, -0.15) is 0 Å². The van der Waals surface area contributed by atoms with E-state index >= 15 is 0 Å². The molecule has 1 heterocycles. The number of halogens is 2. The number of sulfonamides is 1. The van der Waals surface area contributed by atoms with Crippen molar-refractivity contribution in [1.29, 1.82) is 0 Å². The first-order chi connectivity index (χ1) is 15.2. The van der Waals surface area contributed by atoms with E-state index in [0.29, 0.717) is 35.0 Å². The summed E-state index contributed by atoms with van der Waals surface area (Å²) >= 11 is 12.3. The second kappa shape index (κ2) is 10.9. The Morgan fingerprint density at radius 2 is 1.84 bits per heavy atom. The van der Waals surface area contributed by atoms with Crippen molar-refractivity contribution in [3.05, 3.63) is 63.6 Å². The zero-order chi connectivity index (χ0) is 23.3. The van der Waals surface area contributed by atoms with Crippen LogP contribution in [0.2, 0.25) is 10.0 Å². The first kappa shape index (κ1) is 24.8. The fraction of sp³-hybridized carbons (Fsp3) is 0.435. The SMILES string of the molecule is CC[C@@H](NC(=O)[C@@H]1CCCN(S(=O)(=O)Cc2c(Cl)cccc2Cl)C1)c1ccc(OC)cc1. The molecular weight excluding hydrogens is 471 g/mol. The van der Waals surface area contributed by atoms with Crippen LogP contribution < -0.4 is 10.1 Å². The molecule has 1 amide bonds. The minimum Gasteiger partial charge on any atom is -0.497 e. The predicted octanol–water partition coefficient (Wildman–Crippen LogP) is 4.81. The number of rotatable bonds is 8. The molecule has 1 saturated heterocycles. The maximum absolute atomic E-state index is 13.1. The fourth-order valence-electron chi connectivity index (χ4n) is 3.90. The number of ether oxygens (including phenoxy) is 1. The van der Waals surface area contributed by atoms with Crippen LogP contribution in [0.4, 0.5) is 0 Å². The van der Waals surface area contributed by atoms with Crippen LogP contribution in [0.25, 0.3) is 0 Å². The summed E-state index contributed by atoms with van der Waals surface area (Å²) in [6.07, 6.45) is 1.98. The quantitative estimate of drug-likeness (QED) is 0.566. The van der Waals surface area contributed by atoms with E-state index in [1.54, 1.807) is 25.3 Å². The highest BCUT2D eigenvalue weighted by Crippen LogP contribution is 2.29. The Kier molecular flexibility index (Phi) is 8.44. The van der Waals surface area contributed by atoms with Crippen LogP contribution in [0.1, 0.15) is 43.4 Å². The summed E-state index contributed by atoms with van der Waals surface area (Å²) in [6.45, 7) is 2.53. The zero-order valence-corrected chi connectivity index (χ0v) is 20.5. The average molecular weight is 499 g/mol. The van der Waals surface area contributed by atoms with Gasteiger partial charge >= 0.3 is 0 Å². The number of amides is 1. The molecule has 0 saturated carbocycles. The van der Waals surface area contributed by atoms with Gasteiger partial charge in [-0.05, 0) is 49.1 Å². The highest BCUT2D eigenvalue weighted by Gasteiger charge is 2.33. The van der Waals surface area contributed by atoms with Gasteiger partial charge in [0.15, 0.2) is 0 Å². The monoisotopic (exact) mass is 498 g/mol. The van der Waals surface area contributed by atoms with Gasteiger partial charge in [0.05, 0.1) is 24.8 Å². The number of carbonyl (C=O) groups is 1. The maximum Gasteiger partial charge on any atom is 0.224 e. The van der Waals surface area contributed by atoms with Crippen LogP contribution in [-0.4, -0.2) is 38.8 Å². The number of hydrogen-bond donors (Lipinski definition) is 1. The molecule has 174 valence electrons. The maximum atomic E-state index is 13.1. The lowest BCUT2D eigenvalue weighted by Crippen LogP contribution is -2.46. The Labute approximate surface area is 199 Å². The molecule has 6 nitrogen and oxygen atoms in total. The molecule has 0 aliphatic carbocycles. The summed E-state index contributed by atoms with van der Waals surface area (Å²) in [5, 5.41) is 3.72. The molecule has 9 heteroatoms. The van der Waals surface area contributed by atoms with Gasteiger partial charge in [-0.15, -0.1) is 0 Å². The average Bonchev–Trinajstić information content (AvgIpc) is 2.80. The van der Waals surface area contributed by atoms with Crippen molar-refractivity contribution < 1.29 is 17.9 Å². The fourth-order valence-corrected chi connectivity index (χ4v) is 6.26. The molecule has 2 aromatic rings. The Morgan fingerprint density at radius 3 is 2.44 bits per heavy atom. The highest BCUT2D eigenvalue weighted by molar-refractivity contribution is 7.88. The largest absolute Gasteiger partial charge is 0.497 e. The van der Waals surface area contributed by atoms with Crippen molar-refractivity contribution in [3.8, 4) is 5.75 Å². The van der Waals surface area contributed by atoms with Crippen LogP contribution in [0, 0.1) is 5.92 Å². The van der Waals surface area contributed by atoms with E-state index in [1.807, 2.05) is 31.2 Å². The first-order valence-corrected chi connectivity index (χ1v) is 13.0. The Bertz CT molecular complexity index is 1020. The van der Waals surface area contributed by atoms with E-state index in [-0.39, 0.29) is 24.2 Å². The van der Waals surface area contributed by atoms with Gasteiger partial charge in [-0.25, -0.2) is 12.7 Å². The summed E-state index contributed by atoms with van der Waals surface area (Å²) in [5.41, 5.74) is 1.36. The molecule has 0 unspecified atom stereocenters. The zero-order valence-electron chi connectivity index (χ0n) is 18.2. The third-order valence-electron chi connectivity index (χ3n) is 5.78. The molecule has 1 N–H and O–H groups in total. The van der Waals surface area contributed by atoms with E-state index in [0.717, 1.165) is 17.7 Å². The molecule has 1 aliphatic rings. The van der Waals surface area contributed by atoms with Gasteiger partial charge in [0.2, 0.25) is 15.9 Å². The van der Waals surface area contributed by atoms with Crippen LogP contribution in [-0.2, 0) is 20.6 Å². The summed E-state index contributed by atoms with van der Waals surface area (Å²) in [5.74, 6) is -0.0823. The Morgan fingerprint density at radius 1 is 1.19 bits per heavy atom. The summed E-state index contributed by atoms with van der Waals surface area (Å²) < 4.78 is 32.7. The Hall–Kier alpha value is -1.80. The topological polar surface area (TPSA) is 75.7 Å². The van der Waals surface area contributed by atoms with Crippen molar-refractivity contribution in [2.45, 2.75) is 38.0 Å². The lowest BCUT2D eigenvalue weighted by molar-refractivity contribution is -0.126. The minimum atomic E-state index is -3.67. The molecule has 2 atom stereocenters. The number of nitrogens with one attached hydrogen (secondary N) is 1. The third-order valence-corrected chi connectivity index (χ3v) is 8.26. The molecule has 3 rings (SSSR count). The van der Waals surface area contributed by atoms with Crippen molar-refractivity contribution >= 4 is 39.1 Å². The summed E-state index contributed by atoms with van der Waals surface area (Å²) in [4.78, 5) is 13.0. The molecule has 0 spiro atoms. The van der Waals surface area contributed by atoms with Crippen molar-refractivity contribution in [3.63, 3.8) is 0 Å². The number of methoxy groups -OCH3 is 1.